The average Bonchev–Trinajstić information content (AvgIpc) is 3.43. The number of hydrogen-bond donors (Lipinski definition) is 2. The summed E-state index contributed by atoms with van der Waals surface area (Å²) in [5.74, 6) is -0.0209. The molecule has 0 saturated heterocycles. The molecule has 0 aliphatic heterocycles. The van der Waals surface area contributed by atoms with Gasteiger partial charge in [-0.05, 0) is 49.1 Å². The van der Waals surface area contributed by atoms with Crippen molar-refractivity contribution in [1.29, 1.82) is 0 Å². The predicted molar refractivity (Wildman–Crippen MR) is 109 cm³/mol. The number of benzene rings is 2. The van der Waals surface area contributed by atoms with Crippen LogP contribution in [-0.2, 0) is 6.54 Å². The van der Waals surface area contributed by atoms with E-state index in [9.17, 15) is 9.59 Å². The molecule has 1 aromatic heterocycles. The van der Waals surface area contributed by atoms with Gasteiger partial charge in [-0.3, -0.25) is 9.59 Å². The fourth-order valence-corrected chi connectivity index (χ4v) is 3.74. The minimum absolute atomic E-state index is 0.189. The number of anilines is 1. The van der Waals surface area contributed by atoms with Crippen LogP contribution in [0.4, 0.5) is 5.69 Å². The van der Waals surface area contributed by atoms with Crippen LogP contribution < -0.4 is 10.6 Å². The fraction of sp³-hybridized carbons (Fsp3) is 0.238. The summed E-state index contributed by atoms with van der Waals surface area (Å²) in [7, 11) is 0. The maximum Gasteiger partial charge on any atom is 0.286 e. The number of nitrogens with one attached hydrogen (secondary N) is 2. The van der Waals surface area contributed by atoms with Gasteiger partial charge in [0.1, 0.15) is 5.01 Å². The summed E-state index contributed by atoms with van der Waals surface area (Å²) >= 11 is 1.33. The van der Waals surface area contributed by atoms with Crippen LogP contribution in [0.15, 0.2) is 48.5 Å². The number of amides is 2. The van der Waals surface area contributed by atoms with Crippen molar-refractivity contribution in [3.8, 4) is 0 Å². The van der Waals surface area contributed by atoms with Gasteiger partial charge < -0.3 is 10.6 Å². The van der Waals surface area contributed by atoms with Crippen LogP contribution in [0.1, 0.15) is 55.1 Å². The van der Waals surface area contributed by atoms with E-state index < -0.39 is 0 Å². The van der Waals surface area contributed by atoms with Crippen molar-refractivity contribution in [2.45, 2.75) is 32.2 Å². The van der Waals surface area contributed by atoms with Gasteiger partial charge in [0.05, 0.1) is 0 Å². The van der Waals surface area contributed by atoms with Gasteiger partial charge >= 0.3 is 0 Å². The lowest BCUT2D eigenvalue weighted by Crippen LogP contribution is -2.23. The van der Waals surface area contributed by atoms with Gasteiger partial charge in [0.2, 0.25) is 5.01 Å². The number of aromatic nitrogens is 2. The molecule has 1 saturated carbocycles. The third kappa shape index (κ3) is 4.26. The standard InChI is InChI=1S/C21H20N4O2S/c1-13-5-2-3-6-16(13)12-22-18(26)15-7-4-8-17(11-15)23-19(27)21-25-24-20(28-21)14-9-10-14/h2-8,11,14H,9-10,12H2,1H3,(H,22,26)(H,23,27). The summed E-state index contributed by atoms with van der Waals surface area (Å²) in [6, 6.07) is 14.8. The van der Waals surface area contributed by atoms with E-state index in [2.05, 4.69) is 20.8 Å². The van der Waals surface area contributed by atoms with Crippen LogP contribution in [-0.4, -0.2) is 22.0 Å². The van der Waals surface area contributed by atoms with Gasteiger partial charge in [0.25, 0.3) is 11.8 Å². The molecule has 1 fully saturated rings. The molecule has 0 bridgehead atoms. The largest absolute Gasteiger partial charge is 0.348 e. The summed E-state index contributed by atoms with van der Waals surface area (Å²) in [5, 5.41) is 15.1. The predicted octanol–water partition coefficient (Wildman–Crippen LogP) is 3.91. The Bertz CT molecular complexity index is 1030. The highest BCUT2D eigenvalue weighted by molar-refractivity contribution is 7.13. The Morgan fingerprint density at radius 2 is 1.89 bits per heavy atom. The van der Waals surface area contributed by atoms with Gasteiger partial charge in [-0.1, -0.05) is 41.7 Å². The number of carbonyl (C=O) groups is 2. The van der Waals surface area contributed by atoms with Crippen molar-refractivity contribution >= 4 is 28.8 Å². The molecule has 2 amide bonds. The minimum Gasteiger partial charge on any atom is -0.348 e. The fourth-order valence-electron chi connectivity index (χ4n) is 2.83. The Labute approximate surface area is 167 Å². The Morgan fingerprint density at radius 3 is 2.68 bits per heavy atom. The van der Waals surface area contributed by atoms with Crippen molar-refractivity contribution in [2.24, 2.45) is 0 Å². The van der Waals surface area contributed by atoms with E-state index in [1.54, 1.807) is 24.3 Å². The Kier molecular flexibility index (Phi) is 5.16. The first-order valence-corrected chi connectivity index (χ1v) is 9.99. The minimum atomic E-state index is -0.304. The second kappa shape index (κ2) is 7.90. The molecule has 2 N–H and O–H groups in total. The molecule has 1 heterocycles. The maximum absolute atomic E-state index is 12.5. The van der Waals surface area contributed by atoms with Crippen LogP contribution in [0.5, 0.6) is 0 Å². The van der Waals surface area contributed by atoms with Crippen molar-refractivity contribution in [2.75, 3.05) is 5.32 Å². The summed E-state index contributed by atoms with van der Waals surface area (Å²) in [5.41, 5.74) is 3.24. The van der Waals surface area contributed by atoms with E-state index >= 15 is 0 Å². The van der Waals surface area contributed by atoms with E-state index in [0.717, 1.165) is 29.0 Å². The molecular formula is C21H20N4O2S. The van der Waals surface area contributed by atoms with Crippen LogP contribution >= 0.6 is 11.3 Å². The molecule has 0 spiro atoms. The van der Waals surface area contributed by atoms with E-state index in [1.807, 2.05) is 31.2 Å². The topological polar surface area (TPSA) is 84.0 Å². The van der Waals surface area contributed by atoms with Crippen molar-refractivity contribution in [3.05, 3.63) is 75.2 Å². The van der Waals surface area contributed by atoms with Crippen molar-refractivity contribution < 1.29 is 9.59 Å². The molecule has 6 nitrogen and oxygen atoms in total. The average molecular weight is 392 g/mol. The molecule has 142 valence electrons. The smallest absolute Gasteiger partial charge is 0.286 e. The molecule has 0 radical (unpaired) electrons. The monoisotopic (exact) mass is 392 g/mol. The first-order chi connectivity index (χ1) is 13.6. The lowest BCUT2D eigenvalue weighted by atomic mass is 10.1. The van der Waals surface area contributed by atoms with Gasteiger partial charge in [-0.25, -0.2) is 0 Å². The zero-order chi connectivity index (χ0) is 19.5. The lowest BCUT2D eigenvalue weighted by Gasteiger charge is -2.09. The zero-order valence-electron chi connectivity index (χ0n) is 15.4. The van der Waals surface area contributed by atoms with Gasteiger partial charge in [0, 0.05) is 23.7 Å². The first-order valence-electron chi connectivity index (χ1n) is 9.17. The number of carbonyl (C=O) groups excluding carboxylic acids is 2. The van der Waals surface area contributed by atoms with E-state index in [-0.39, 0.29) is 11.8 Å². The highest BCUT2D eigenvalue weighted by Crippen LogP contribution is 2.41. The third-order valence-corrected chi connectivity index (χ3v) is 5.73. The molecule has 2 aromatic carbocycles. The normalized spacial score (nSPS) is 13.2. The first kappa shape index (κ1) is 18.3. The van der Waals surface area contributed by atoms with Crippen LogP contribution in [0.2, 0.25) is 0 Å². The Balaban J connectivity index is 1.39. The molecule has 3 aromatic rings. The highest BCUT2D eigenvalue weighted by Gasteiger charge is 2.28. The Hall–Kier alpha value is -3.06. The molecule has 0 atom stereocenters. The van der Waals surface area contributed by atoms with Gasteiger partial charge in [0.15, 0.2) is 0 Å². The van der Waals surface area contributed by atoms with Gasteiger partial charge in [-0.2, -0.15) is 0 Å². The summed E-state index contributed by atoms with van der Waals surface area (Å²) < 4.78 is 0. The van der Waals surface area contributed by atoms with E-state index in [4.69, 9.17) is 0 Å². The Morgan fingerprint density at radius 1 is 1.07 bits per heavy atom. The molecule has 7 heteroatoms. The van der Waals surface area contributed by atoms with Crippen molar-refractivity contribution in [3.63, 3.8) is 0 Å². The highest BCUT2D eigenvalue weighted by atomic mass is 32.1. The SMILES string of the molecule is Cc1ccccc1CNC(=O)c1cccc(NC(=O)c2nnc(C3CC3)s2)c1. The zero-order valence-corrected chi connectivity index (χ0v) is 16.3. The number of rotatable bonds is 6. The number of hydrogen-bond acceptors (Lipinski definition) is 5. The maximum atomic E-state index is 12.5. The molecule has 0 unspecified atom stereocenters. The molecule has 28 heavy (non-hydrogen) atoms. The number of aryl methyl sites for hydroxylation is 1. The quantitative estimate of drug-likeness (QED) is 0.666. The van der Waals surface area contributed by atoms with E-state index in [1.165, 1.54) is 11.3 Å². The van der Waals surface area contributed by atoms with Gasteiger partial charge in [-0.15, -0.1) is 10.2 Å². The second-order valence-electron chi connectivity index (χ2n) is 6.86. The van der Waals surface area contributed by atoms with Crippen LogP contribution in [0.25, 0.3) is 0 Å². The molecular weight excluding hydrogens is 372 g/mol. The third-order valence-electron chi connectivity index (χ3n) is 4.64. The number of nitrogens with zero attached hydrogens (tertiary/aromatic N) is 2. The van der Waals surface area contributed by atoms with E-state index in [0.29, 0.717) is 28.7 Å². The second-order valence-corrected chi connectivity index (χ2v) is 7.87. The summed E-state index contributed by atoms with van der Waals surface area (Å²) in [4.78, 5) is 24.9. The molecule has 1 aliphatic rings. The van der Waals surface area contributed by atoms with Crippen molar-refractivity contribution in [1.82, 2.24) is 15.5 Å². The summed E-state index contributed by atoms with van der Waals surface area (Å²) in [6.07, 6.45) is 2.24. The molecule has 1 aliphatic carbocycles. The lowest BCUT2D eigenvalue weighted by molar-refractivity contribution is 0.0949. The van der Waals surface area contributed by atoms with Crippen LogP contribution in [0, 0.1) is 6.92 Å². The summed E-state index contributed by atoms with van der Waals surface area (Å²) in [6.45, 7) is 2.47. The molecule has 4 rings (SSSR count). The van der Waals surface area contributed by atoms with Crippen LogP contribution in [0.3, 0.4) is 0 Å².